The van der Waals surface area contributed by atoms with E-state index in [1.54, 1.807) is 6.08 Å². The smallest absolute Gasteiger partial charge is 0.283 e. The number of hydrogen-bond donors (Lipinski definition) is 1. The van der Waals surface area contributed by atoms with Gasteiger partial charge in [-0.3, -0.25) is 10.2 Å². The maximum Gasteiger partial charge on any atom is 0.283 e. The molecule has 3 aromatic carbocycles. The van der Waals surface area contributed by atoms with Crippen molar-refractivity contribution in [2.75, 3.05) is 13.2 Å². The number of rotatable bonds is 10. The summed E-state index contributed by atoms with van der Waals surface area (Å²) in [6, 6.07) is 25.8. The minimum absolute atomic E-state index is 0.00146. The van der Waals surface area contributed by atoms with Gasteiger partial charge < -0.3 is 14.0 Å². The maximum absolute atomic E-state index is 13.2. The van der Waals surface area contributed by atoms with Gasteiger partial charge >= 0.3 is 0 Å². The lowest BCUT2D eigenvalue weighted by Gasteiger charge is -2.20. The predicted octanol–water partition coefficient (Wildman–Crippen LogP) is 7.24. The van der Waals surface area contributed by atoms with Crippen LogP contribution < -0.4 is 9.47 Å². The molecule has 218 valence electrons. The number of fused-ring (bicyclic) bond motifs is 2. The second kappa shape index (κ2) is 12.3. The van der Waals surface area contributed by atoms with Crippen LogP contribution in [-0.4, -0.2) is 44.7 Å². The van der Waals surface area contributed by atoms with E-state index < -0.39 is 5.91 Å². The van der Waals surface area contributed by atoms with Crippen molar-refractivity contribution in [3.05, 3.63) is 101 Å². The van der Waals surface area contributed by atoms with Gasteiger partial charge in [-0.1, -0.05) is 68.4 Å². The average Bonchev–Trinajstić information content (AvgIpc) is 3.56. The number of amides is 1. The standard InChI is InChI=1S/C34H33N5O3S/c1-4-22(2)25-14-9-11-17-30(25)41-19-18-38-23(3)27(26-15-8-10-16-29(26)38)20-28-32(35)39-34(36-33(28)40)43-31(37-39)21-42-24-12-6-5-7-13-24/h5-17,20,22,35H,4,18-19,21H2,1-3H3/b28-20-,35-32?. The second-order valence-corrected chi connectivity index (χ2v) is 11.5. The molecule has 0 saturated heterocycles. The van der Waals surface area contributed by atoms with Crippen LogP contribution in [-0.2, 0) is 11.3 Å². The van der Waals surface area contributed by atoms with Gasteiger partial charge in [0.2, 0.25) is 5.17 Å². The lowest BCUT2D eigenvalue weighted by molar-refractivity contribution is -0.114. The van der Waals surface area contributed by atoms with E-state index in [4.69, 9.17) is 14.9 Å². The van der Waals surface area contributed by atoms with Crippen LogP contribution in [0.1, 0.15) is 43.0 Å². The Kier molecular flexibility index (Phi) is 8.16. The highest BCUT2D eigenvalue weighted by atomic mass is 32.2. The van der Waals surface area contributed by atoms with E-state index in [1.165, 1.54) is 22.3 Å². The quantitative estimate of drug-likeness (QED) is 0.196. The molecule has 0 bridgehead atoms. The zero-order valence-corrected chi connectivity index (χ0v) is 25.2. The van der Waals surface area contributed by atoms with E-state index in [-0.39, 0.29) is 18.0 Å². The summed E-state index contributed by atoms with van der Waals surface area (Å²) in [6.45, 7) is 7.79. The summed E-state index contributed by atoms with van der Waals surface area (Å²) in [5.41, 5.74) is 4.32. The molecule has 1 N–H and O–H groups in total. The van der Waals surface area contributed by atoms with Crippen molar-refractivity contribution in [1.29, 1.82) is 5.41 Å². The topological polar surface area (TPSA) is 92.3 Å². The van der Waals surface area contributed by atoms with Crippen molar-refractivity contribution in [2.45, 2.75) is 39.7 Å². The largest absolute Gasteiger partial charge is 0.491 e. The van der Waals surface area contributed by atoms with Crippen molar-refractivity contribution in [3.63, 3.8) is 0 Å². The minimum Gasteiger partial charge on any atom is -0.491 e. The molecule has 1 atom stereocenters. The number of hydrazone groups is 1. The number of nitrogens with one attached hydrogen (secondary N) is 1. The van der Waals surface area contributed by atoms with Crippen LogP contribution in [0.2, 0.25) is 0 Å². The van der Waals surface area contributed by atoms with Crippen LogP contribution in [0.5, 0.6) is 11.5 Å². The molecular formula is C34H33N5O3S. The molecule has 1 unspecified atom stereocenters. The molecule has 0 saturated carbocycles. The van der Waals surface area contributed by atoms with Crippen LogP contribution in [0.25, 0.3) is 17.0 Å². The van der Waals surface area contributed by atoms with Crippen LogP contribution >= 0.6 is 11.8 Å². The molecule has 0 fully saturated rings. The highest BCUT2D eigenvalue weighted by Gasteiger charge is 2.36. The second-order valence-electron chi connectivity index (χ2n) is 10.5. The van der Waals surface area contributed by atoms with Crippen molar-refractivity contribution < 1.29 is 14.3 Å². The number of aliphatic imine (C=N–C) groups is 1. The molecule has 8 nitrogen and oxygen atoms in total. The summed E-state index contributed by atoms with van der Waals surface area (Å²) < 4.78 is 14.3. The predicted molar refractivity (Wildman–Crippen MR) is 174 cm³/mol. The van der Waals surface area contributed by atoms with E-state index in [9.17, 15) is 4.79 Å². The highest BCUT2D eigenvalue weighted by Crippen LogP contribution is 2.33. The summed E-state index contributed by atoms with van der Waals surface area (Å²) >= 11 is 1.24. The van der Waals surface area contributed by atoms with Crippen LogP contribution in [0.3, 0.4) is 0 Å². The summed E-state index contributed by atoms with van der Waals surface area (Å²) in [4.78, 5) is 17.5. The molecule has 1 amide bonds. The number of thioether (sulfide) groups is 1. The molecular weight excluding hydrogens is 558 g/mol. The van der Waals surface area contributed by atoms with Gasteiger partial charge in [0.1, 0.15) is 29.8 Å². The Morgan fingerprint density at radius 1 is 1.00 bits per heavy atom. The van der Waals surface area contributed by atoms with Crippen LogP contribution in [0.4, 0.5) is 0 Å². The number of aromatic nitrogens is 1. The highest BCUT2D eigenvalue weighted by molar-refractivity contribution is 8.27. The Bertz CT molecular complexity index is 1790. The maximum atomic E-state index is 13.2. The summed E-state index contributed by atoms with van der Waals surface area (Å²) in [5, 5.41) is 16.8. The van der Waals surface area contributed by atoms with Gasteiger partial charge in [0.15, 0.2) is 5.84 Å². The van der Waals surface area contributed by atoms with Gasteiger partial charge in [0, 0.05) is 22.2 Å². The van der Waals surface area contributed by atoms with E-state index in [0.29, 0.717) is 29.3 Å². The van der Waals surface area contributed by atoms with Crippen LogP contribution in [0.15, 0.2) is 94.5 Å². The fourth-order valence-electron chi connectivity index (χ4n) is 5.31. The molecule has 1 aromatic heterocycles. The van der Waals surface area contributed by atoms with E-state index in [1.807, 2.05) is 67.6 Å². The van der Waals surface area contributed by atoms with Gasteiger partial charge in [-0.05, 0) is 66.9 Å². The molecule has 0 radical (unpaired) electrons. The number of carbonyl (C=O) groups is 1. The Morgan fingerprint density at radius 3 is 2.56 bits per heavy atom. The number of nitrogens with zero attached hydrogens (tertiary/aromatic N) is 4. The lowest BCUT2D eigenvalue weighted by atomic mass is 9.98. The van der Waals surface area contributed by atoms with Crippen molar-refractivity contribution in [2.24, 2.45) is 10.1 Å². The average molecular weight is 592 g/mol. The molecule has 2 aliphatic heterocycles. The van der Waals surface area contributed by atoms with Crippen LogP contribution in [0, 0.1) is 12.3 Å². The van der Waals surface area contributed by atoms with Crippen molar-refractivity contribution in [1.82, 2.24) is 9.58 Å². The molecule has 2 aliphatic rings. The molecule has 0 aliphatic carbocycles. The monoisotopic (exact) mass is 591 g/mol. The first-order chi connectivity index (χ1) is 20.9. The third kappa shape index (κ3) is 5.72. The van der Waals surface area contributed by atoms with Gasteiger partial charge in [0.05, 0.1) is 12.1 Å². The number of para-hydroxylation sites is 3. The Balaban J connectivity index is 1.24. The first kappa shape index (κ1) is 28.5. The number of ether oxygens (including phenoxy) is 2. The Labute approximate surface area is 255 Å². The zero-order chi connectivity index (χ0) is 29.9. The fourth-order valence-corrected chi connectivity index (χ4v) is 6.11. The van der Waals surface area contributed by atoms with E-state index >= 15 is 0 Å². The van der Waals surface area contributed by atoms with Crippen molar-refractivity contribution in [3.8, 4) is 11.5 Å². The Morgan fingerprint density at radius 2 is 1.74 bits per heavy atom. The Hall–Kier alpha value is -4.63. The van der Waals surface area contributed by atoms with E-state index in [0.717, 1.165) is 40.1 Å². The van der Waals surface area contributed by atoms with Gasteiger partial charge in [-0.25, -0.2) is 0 Å². The molecule has 4 aromatic rings. The molecule has 43 heavy (non-hydrogen) atoms. The summed E-state index contributed by atoms with van der Waals surface area (Å²) in [5.74, 6) is 1.60. The molecule has 3 heterocycles. The third-order valence-electron chi connectivity index (χ3n) is 7.80. The molecule has 9 heteroatoms. The normalized spacial score (nSPS) is 16.3. The first-order valence-corrected chi connectivity index (χ1v) is 15.2. The minimum atomic E-state index is -0.453. The number of benzene rings is 3. The zero-order valence-electron chi connectivity index (χ0n) is 24.4. The SMILES string of the molecule is CCC(C)c1ccccc1OCCn1c(C)c(/C=C2/C(=N)N3N=C(COc4ccccc4)SC3=NC2=O)c2ccccc21. The van der Waals surface area contributed by atoms with E-state index in [2.05, 4.69) is 46.7 Å². The number of amidine groups is 2. The van der Waals surface area contributed by atoms with Gasteiger partial charge in [-0.15, -0.1) is 0 Å². The fraction of sp³-hybridized carbons (Fsp3) is 0.235. The number of carbonyl (C=O) groups excluding carboxylic acids is 1. The molecule has 0 spiro atoms. The third-order valence-corrected chi connectivity index (χ3v) is 8.69. The van der Waals surface area contributed by atoms with Gasteiger partial charge in [0.25, 0.3) is 5.91 Å². The van der Waals surface area contributed by atoms with Crippen molar-refractivity contribution >= 4 is 50.7 Å². The van der Waals surface area contributed by atoms with Gasteiger partial charge in [-0.2, -0.15) is 15.1 Å². The first-order valence-electron chi connectivity index (χ1n) is 14.4. The number of hydrogen-bond acceptors (Lipinski definition) is 6. The summed E-state index contributed by atoms with van der Waals surface area (Å²) in [7, 11) is 0. The lowest BCUT2D eigenvalue weighted by Crippen LogP contribution is -2.35. The molecule has 6 rings (SSSR count). The summed E-state index contributed by atoms with van der Waals surface area (Å²) in [6.07, 6.45) is 2.82.